The second-order valence-electron chi connectivity index (χ2n) is 7.51. The monoisotopic (exact) mass is 342 g/mol. The lowest BCUT2D eigenvalue weighted by molar-refractivity contribution is -0.243. The van der Waals surface area contributed by atoms with E-state index >= 15 is 0 Å². The lowest BCUT2D eigenvalue weighted by Crippen LogP contribution is -2.56. The van der Waals surface area contributed by atoms with Crippen molar-refractivity contribution in [1.82, 2.24) is 0 Å². The first-order valence-electron chi connectivity index (χ1n) is 8.03. The molecule has 1 saturated heterocycles. The van der Waals surface area contributed by atoms with Crippen LogP contribution in [0.15, 0.2) is 0 Å². The molecule has 0 spiro atoms. The Labute approximate surface area is 141 Å². The first-order valence-corrected chi connectivity index (χ1v) is 10.9. The molecular weight excluding hydrogens is 312 g/mol. The van der Waals surface area contributed by atoms with Gasteiger partial charge >= 0.3 is 5.97 Å². The van der Waals surface area contributed by atoms with E-state index in [4.69, 9.17) is 25.1 Å². The Kier molecular flexibility index (Phi) is 6.84. The van der Waals surface area contributed by atoms with Crippen molar-refractivity contribution in [2.75, 3.05) is 6.61 Å². The van der Waals surface area contributed by atoms with Crippen LogP contribution >= 0.6 is 0 Å². The van der Waals surface area contributed by atoms with Crippen molar-refractivity contribution in [2.45, 2.75) is 83.8 Å². The summed E-state index contributed by atoms with van der Waals surface area (Å²) in [6, 6.07) is 0. The third-order valence-electron chi connectivity index (χ3n) is 4.53. The minimum Gasteiger partial charge on any atom is -0.460 e. The lowest BCUT2D eigenvalue weighted by atomic mass is 10.0. The molecule has 0 aromatic rings. The molecule has 0 saturated carbocycles. The number of ether oxygens (including phenoxy) is 3. The van der Waals surface area contributed by atoms with Gasteiger partial charge in [-0.3, -0.25) is 4.79 Å². The van der Waals surface area contributed by atoms with E-state index < -0.39 is 20.7 Å². The number of rotatable bonds is 5. The molecule has 4 atom stereocenters. The number of carbonyl (C=O) groups excluding carboxylic acids is 1. The maximum atomic E-state index is 11.5. The molecule has 0 radical (unpaired) electrons. The molecule has 23 heavy (non-hydrogen) atoms. The van der Waals surface area contributed by atoms with Gasteiger partial charge in [0.15, 0.2) is 14.6 Å². The predicted molar refractivity (Wildman–Crippen MR) is 91.4 cm³/mol. The van der Waals surface area contributed by atoms with E-state index in [2.05, 4.69) is 39.8 Å². The number of hydrogen-bond donors (Lipinski definition) is 0. The average Bonchev–Trinajstić information content (AvgIpc) is 2.38. The van der Waals surface area contributed by atoms with Crippen molar-refractivity contribution in [3.8, 4) is 12.3 Å². The highest BCUT2D eigenvalue weighted by Gasteiger charge is 2.46. The maximum absolute atomic E-state index is 11.5. The Hall–Kier alpha value is -0.873. The van der Waals surface area contributed by atoms with Crippen molar-refractivity contribution in [3.05, 3.63) is 0 Å². The SMILES string of the molecule is C#CCO[C@H]1C[C@@H](OC(C)=O)[C@H](O[Si](C)(C)C(C)(C)C)[C@@H](C)O1. The number of carbonyl (C=O) groups is 1. The molecule has 0 aromatic carbocycles. The number of hydrogen-bond acceptors (Lipinski definition) is 5. The van der Waals surface area contributed by atoms with Crippen molar-refractivity contribution < 1.29 is 23.4 Å². The van der Waals surface area contributed by atoms with Crippen LogP contribution in [0.1, 0.15) is 41.0 Å². The van der Waals surface area contributed by atoms with Crippen LogP contribution in [0.25, 0.3) is 0 Å². The molecule has 6 heteroatoms. The Morgan fingerprint density at radius 1 is 1.39 bits per heavy atom. The van der Waals surface area contributed by atoms with E-state index in [1.807, 2.05) is 6.92 Å². The van der Waals surface area contributed by atoms with Crippen LogP contribution in [0.4, 0.5) is 0 Å². The third-order valence-corrected chi connectivity index (χ3v) is 9.00. The van der Waals surface area contributed by atoms with Crippen LogP contribution in [0.5, 0.6) is 0 Å². The zero-order valence-corrected chi connectivity index (χ0v) is 16.3. The summed E-state index contributed by atoms with van der Waals surface area (Å²) < 4.78 is 23.3. The Morgan fingerprint density at radius 3 is 2.48 bits per heavy atom. The van der Waals surface area contributed by atoms with E-state index in [0.717, 1.165) is 0 Å². The molecule has 0 bridgehead atoms. The fraction of sp³-hybridized carbons (Fsp3) is 0.824. The van der Waals surface area contributed by atoms with E-state index in [1.165, 1.54) is 6.92 Å². The van der Waals surface area contributed by atoms with Gasteiger partial charge in [-0.15, -0.1) is 6.42 Å². The van der Waals surface area contributed by atoms with E-state index in [-0.39, 0.29) is 29.8 Å². The average molecular weight is 343 g/mol. The van der Waals surface area contributed by atoms with Gasteiger partial charge in [0.2, 0.25) is 0 Å². The summed E-state index contributed by atoms with van der Waals surface area (Å²) in [5.74, 6) is 2.09. The summed E-state index contributed by atoms with van der Waals surface area (Å²) >= 11 is 0. The highest BCUT2D eigenvalue weighted by molar-refractivity contribution is 6.74. The molecular formula is C17H30O5Si. The van der Waals surface area contributed by atoms with Crippen molar-refractivity contribution in [2.24, 2.45) is 0 Å². The maximum Gasteiger partial charge on any atom is 0.302 e. The summed E-state index contributed by atoms with van der Waals surface area (Å²) in [6.45, 7) is 14.4. The van der Waals surface area contributed by atoms with Crippen LogP contribution in [0.3, 0.4) is 0 Å². The molecule has 0 unspecified atom stereocenters. The molecule has 5 nitrogen and oxygen atoms in total. The molecule has 0 aromatic heterocycles. The van der Waals surface area contributed by atoms with Gasteiger partial charge in [-0.2, -0.15) is 0 Å². The quantitative estimate of drug-likeness (QED) is 0.436. The van der Waals surface area contributed by atoms with Crippen LogP contribution < -0.4 is 0 Å². The Balaban J connectivity index is 2.90. The second kappa shape index (κ2) is 7.80. The molecule has 1 aliphatic rings. The molecule has 1 fully saturated rings. The van der Waals surface area contributed by atoms with Gasteiger partial charge in [0.25, 0.3) is 0 Å². The summed E-state index contributed by atoms with van der Waals surface area (Å²) in [5, 5.41) is 0.0598. The fourth-order valence-corrected chi connectivity index (χ4v) is 3.64. The van der Waals surface area contributed by atoms with Gasteiger partial charge in [-0.1, -0.05) is 26.7 Å². The minimum absolute atomic E-state index is 0.0598. The molecule has 0 aliphatic carbocycles. The predicted octanol–water partition coefficient (Wildman–Crippen LogP) is 3.09. The third kappa shape index (κ3) is 5.61. The lowest BCUT2D eigenvalue weighted by Gasteiger charge is -2.46. The molecule has 1 heterocycles. The smallest absolute Gasteiger partial charge is 0.302 e. The second-order valence-corrected chi connectivity index (χ2v) is 12.3. The van der Waals surface area contributed by atoms with Crippen molar-refractivity contribution >= 4 is 14.3 Å². The highest BCUT2D eigenvalue weighted by atomic mass is 28.4. The molecule has 0 amide bonds. The highest BCUT2D eigenvalue weighted by Crippen LogP contribution is 2.39. The first kappa shape index (κ1) is 20.2. The number of esters is 1. The summed E-state index contributed by atoms with van der Waals surface area (Å²) in [7, 11) is -2.02. The summed E-state index contributed by atoms with van der Waals surface area (Å²) in [5.41, 5.74) is 0. The zero-order chi connectivity index (χ0) is 17.8. The standard InChI is InChI=1S/C17H30O5Si/c1-9-10-19-15-11-14(21-13(3)18)16(12(2)20-15)22-23(7,8)17(4,5)6/h1,12,14-16H,10-11H2,2-8H3/t12-,14-,15-,16-/m1/s1. The number of terminal acetylenes is 1. The van der Waals surface area contributed by atoms with E-state index in [0.29, 0.717) is 6.42 Å². The summed E-state index contributed by atoms with van der Waals surface area (Å²) in [6.07, 6.45) is 4.22. The van der Waals surface area contributed by atoms with Crippen LogP contribution in [0, 0.1) is 12.3 Å². The summed E-state index contributed by atoms with van der Waals surface area (Å²) in [4.78, 5) is 11.5. The van der Waals surface area contributed by atoms with E-state index in [1.54, 1.807) is 0 Å². The topological polar surface area (TPSA) is 54.0 Å². The van der Waals surface area contributed by atoms with Gasteiger partial charge in [0, 0.05) is 13.3 Å². The van der Waals surface area contributed by atoms with Gasteiger partial charge in [0.1, 0.15) is 18.8 Å². The van der Waals surface area contributed by atoms with Crippen molar-refractivity contribution in [3.63, 3.8) is 0 Å². The van der Waals surface area contributed by atoms with Gasteiger partial charge in [-0.25, -0.2) is 0 Å². The van der Waals surface area contributed by atoms with Crippen LogP contribution in [0.2, 0.25) is 18.1 Å². The molecule has 1 aliphatic heterocycles. The van der Waals surface area contributed by atoms with Crippen LogP contribution in [-0.4, -0.2) is 45.5 Å². The first-order chi connectivity index (χ1) is 10.5. The van der Waals surface area contributed by atoms with Crippen molar-refractivity contribution in [1.29, 1.82) is 0 Å². The Morgan fingerprint density at radius 2 is 2.00 bits per heavy atom. The van der Waals surface area contributed by atoms with Crippen LogP contribution in [-0.2, 0) is 23.4 Å². The zero-order valence-electron chi connectivity index (χ0n) is 15.3. The molecule has 0 N–H and O–H groups in total. The van der Waals surface area contributed by atoms with E-state index in [9.17, 15) is 4.79 Å². The van der Waals surface area contributed by atoms with Gasteiger partial charge < -0.3 is 18.6 Å². The fourth-order valence-electron chi connectivity index (χ4n) is 2.26. The Bertz CT molecular complexity index is 449. The minimum atomic E-state index is -2.02. The molecule has 1 rings (SSSR count). The normalized spacial score (nSPS) is 29.0. The molecule has 132 valence electrons. The largest absolute Gasteiger partial charge is 0.460 e. The van der Waals surface area contributed by atoms with Gasteiger partial charge in [-0.05, 0) is 25.1 Å². The van der Waals surface area contributed by atoms with Gasteiger partial charge in [0.05, 0.1) is 6.10 Å².